The molecule has 0 bridgehead atoms. The van der Waals surface area contributed by atoms with Crippen LogP contribution in [-0.2, 0) is 15.7 Å². The summed E-state index contributed by atoms with van der Waals surface area (Å²) in [7, 11) is 5.64. The molecule has 0 atom stereocenters. The second kappa shape index (κ2) is 15.7. The highest BCUT2D eigenvalue weighted by Gasteiger charge is 2.30. The van der Waals surface area contributed by atoms with Gasteiger partial charge in [-0.15, -0.1) is 0 Å². The number of halogens is 4. The lowest BCUT2D eigenvalue weighted by Gasteiger charge is -2.27. The number of nitrogens with zero attached hydrogens (tertiary/aromatic N) is 2. The van der Waals surface area contributed by atoms with Crippen molar-refractivity contribution in [3.8, 4) is 0 Å². The Balaban J connectivity index is 0.000000402. The largest absolute Gasteiger partial charge is 0.477 e. The van der Waals surface area contributed by atoms with E-state index in [1.165, 1.54) is 6.07 Å². The molecule has 198 valence electrons. The summed E-state index contributed by atoms with van der Waals surface area (Å²) < 4.78 is 43.8. The average Bonchev–Trinajstić information content (AvgIpc) is 2.79. The summed E-state index contributed by atoms with van der Waals surface area (Å²) in [6.45, 7) is 6.43. The van der Waals surface area contributed by atoms with Gasteiger partial charge in [0.2, 0.25) is 0 Å². The van der Waals surface area contributed by atoms with Gasteiger partial charge < -0.3 is 19.6 Å². The second-order valence-corrected chi connectivity index (χ2v) is 9.62. The molecule has 0 aliphatic carbocycles. The molecule has 0 heterocycles. The standard InChI is InChI=1S/C16H11ClF3NS.C9H20N2O3/c1-21-15(11-4-2-6-13(17)8-11)10-22-14-7-3-5-12(9-14)16(18,19)20;1-10-4-6-14-7-5-11(2,3)8-9(12)13/h2-10H,1H2;10H,4-8H2,1-3H3/p+1/b15-10-;. The fraction of sp³-hybridized carbons (Fsp3) is 0.360. The summed E-state index contributed by atoms with van der Waals surface area (Å²) in [5.74, 6) is -0.773. The Morgan fingerprint density at radius 3 is 2.50 bits per heavy atom. The maximum Gasteiger partial charge on any atom is 0.416 e. The Morgan fingerprint density at radius 1 is 1.22 bits per heavy atom. The van der Waals surface area contributed by atoms with E-state index in [0.717, 1.165) is 42.5 Å². The highest BCUT2D eigenvalue weighted by Crippen LogP contribution is 2.33. The van der Waals surface area contributed by atoms with Crippen molar-refractivity contribution < 1.29 is 32.3 Å². The number of aliphatic imine (C=N–C) groups is 1. The van der Waals surface area contributed by atoms with E-state index in [-0.39, 0.29) is 6.54 Å². The van der Waals surface area contributed by atoms with E-state index in [1.807, 2.05) is 21.1 Å². The number of alkyl halides is 3. The molecule has 0 saturated carbocycles. The Labute approximate surface area is 219 Å². The van der Waals surface area contributed by atoms with Crippen LogP contribution in [-0.4, -0.2) is 76.3 Å². The van der Waals surface area contributed by atoms with Gasteiger partial charge in [0.25, 0.3) is 0 Å². The summed E-state index contributed by atoms with van der Waals surface area (Å²) in [4.78, 5) is 14.8. The fourth-order valence-electron chi connectivity index (χ4n) is 2.75. The predicted octanol–water partition coefficient (Wildman–Crippen LogP) is 5.53. The van der Waals surface area contributed by atoms with Crippen LogP contribution in [0.25, 0.3) is 5.70 Å². The lowest BCUT2D eigenvalue weighted by Crippen LogP contribution is -2.46. The molecular formula is C25H32ClF3N3O3S+. The van der Waals surface area contributed by atoms with E-state index in [0.29, 0.717) is 33.3 Å². The Kier molecular flexibility index (Phi) is 13.8. The number of aliphatic carboxylic acids is 1. The van der Waals surface area contributed by atoms with Gasteiger partial charge in [0.15, 0.2) is 6.54 Å². The molecule has 6 nitrogen and oxygen atoms in total. The number of quaternary nitrogens is 1. The maximum absolute atomic E-state index is 12.7. The molecule has 0 aliphatic rings. The van der Waals surface area contributed by atoms with E-state index >= 15 is 0 Å². The van der Waals surface area contributed by atoms with Crippen molar-refractivity contribution in [2.45, 2.75) is 11.1 Å². The highest BCUT2D eigenvalue weighted by atomic mass is 35.5. The van der Waals surface area contributed by atoms with Gasteiger partial charge in [0.05, 0.1) is 38.6 Å². The molecule has 0 fully saturated rings. The number of rotatable bonds is 12. The number of hydrogen-bond donors (Lipinski definition) is 2. The number of ether oxygens (including phenoxy) is 1. The van der Waals surface area contributed by atoms with Gasteiger partial charge >= 0.3 is 12.1 Å². The van der Waals surface area contributed by atoms with Gasteiger partial charge in [-0.2, -0.15) is 13.2 Å². The van der Waals surface area contributed by atoms with Crippen LogP contribution in [0, 0.1) is 0 Å². The first-order chi connectivity index (χ1) is 16.9. The lowest BCUT2D eigenvalue weighted by atomic mass is 10.2. The Hall–Kier alpha value is -2.37. The van der Waals surface area contributed by atoms with Crippen LogP contribution in [0.15, 0.2) is 63.8 Å². The third kappa shape index (κ3) is 13.1. The van der Waals surface area contributed by atoms with Gasteiger partial charge in [-0.05, 0) is 44.1 Å². The van der Waals surface area contributed by atoms with Crippen LogP contribution in [0.4, 0.5) is 13.2 Å². The van der Waals surface area contributed by atoms with Gasteiger partial charge in [-0.3, -0.25) is 4.99 Å². The normalized spacial score (nSPS) is 12.0. The van der Waals surface area contributed by atoms with E-state index in [1.54, 1.807) is 35.7 Å². The first kappa shape index (κ1) is 31.7. The molecule has 2 N–H and O–H groups in total. The molecule has 0 amide bonds. The summed E-state index contributed by atoms with van der Waals surface area (Å²) in [5, 5.41) is 13.8. The quantitative estimate of drug-likeness (QED) is 0.158. The van der Waals surface area contributed by atoms with Gasteiger partial charge in [-0.25, -0.2) is 4.79 Å². The first-order valence-electron chi connectivity index (χ1n) is 10.9. The molecule has 0 saturated heterocycles. The monoisotopic (exact) mass is 546 g/mol. The number of carboxylic acids is 1. The van der Waals surface area contributed by atoms with Crippen molar-refractivity contribution in [3.63, 3.8) is 0 Å². The predicted molar refractivity (Wildman–Crippen MR) is 141 cm³/mol. The topological polar surface area (TPSA) is 70.9 Å². The smallest absolute Gasteiger partial charge is 0.416 e. The number of likely N-dealkylation sites (N-methyl/N-ethyl adjacent to an activating group) is 2. The third-order valence-electron chi connectivity index (χ3n) is 4.66. The third-order valence-corrected chi connectivity index (χ3v) is 5.76. The van der Waals surface area contributed by atoms with E-state index in [2.05, 4.69) is 17.0 Å². The molecule has 2 aromatic carbocycles. The van der Waals surface area contributed by atoms with E-state index in [4.69, 9.17) is 21.4 Å². The second-order valence-electron chi connectivity index (χ2n) is 8.24. The van der Waals surface area contributed by atoms with Crippen LogP contribution >= 0.6 is 23.4 Å². The number of thioether (sulfide) groups is 1. The van der Waals surface area contributed by atoms with Crippen LogP contribution in [0.1, 0.15) is 11.1 Å². The molecule has 11 heteroatoms. The zero-order valence-electron chi connectivity index (χ0n) is 20.5. The van der Waals surface area contributed by atoms with Crippen molar-refractivity contribution in [3.05, 3.63) is 70.1 Å². The molecule has 36 heavy (non-hydrogen) atoms. The molecular weight excluding hydrogens is 515 g/mol. The zero-order chi connectivity index (χ0) is 27.2. The number of carboxylic acid groups (broad SMARTS) is 1. The molecule has 0 unspecified atom stereocenters. The van der Waals surface area contributed by atoms with Gasteiger partial charge in [0.1, 0.15) is 6.54 Å². The molecule has 0 aliphatic heterocycles. The number of hydrogen-bond acceptors (Lipinski definition) is 5. The summed E-state index contributed by atoms with van der Waals surface area (Å²) >= 11 is 7.06. The molecule has 0 aromatic heterocycles. The first-order valence-corrected chi connectivity index (χ1v) is 12.2. The number of benzene rings is 2. The van der Waals surface area contributed by atoms with Crippen LogP contribution in [0.3, 0.4) is 0 Å². The van der Waals surface area contributed by atoms with Crippen molar-refractivity contribution >= 4 is 41.7 Å². The minimum atomic E-state index is -4.35. The molecule has 2 rings (SSSR count). The van der Waals surface area contributed by atoms with Gasteiger partial charge in [-0.1, -0.05) is 41.6 Å². The average molecular weight is 547 g/mol. The van der Waals surface area contributed by atoms with Crippen molar-refractivity contribution in [1.82, 2.24) is 5.32 Å². The Bertz CT molecular complexity index is 1020. The minimum Gasteiger partial charge on any atom is -0.477 e. The van der Waals surface area contributed by atoms with Crippen molar-refractivity contribution in [2.75, 3.05) is 54.0 Å². The highest BCUT2D eigenvalue weighted by molar-refractivity contribution is 8.02. The van der Waals surface area contributed by atoms with Crippen molar-refractivity contribution in [1.29, 1.82) is 0 Å². The van der Waals surface area contributed by atoms with Crippen LogP contribution in [0.5, 0.6) is 0 Å². The van der Waals surface area contributed by atoms with Crippen LogP contribution in [0.2, 0.25) is 5.02 Å². The van der Waals surface area contributed by atoms with Crippen molar-refractivity contribution in [2.24, 2.45) is 4.99 Å². The SMILES string of the molecule is C=N/C(=C\Sc1cccc(C(F)(F)F)c1)c1cccc(Cl)c1.CNCCOCC[N+](C)(C)CC(=O)O. The molecule has 0 spiro atoms. The summed E-state index contributed by atoms with van der Waals surface area (Å²) in [6, 6.07) is 12.1. The lowest BCUT2D eigenvalue weighted by molar-refractivity contribution is -0.883. The Morgan fingerprint density at radius 2 is 1.92 bits per heavy atom. The summed E-state index contributed by atoms with van der Waals surface area (Å²) in [6.07, 6.45) is -4.35. The molecule has 2 aromatic rings. The van der Waals surface area contributed by atoms with Gasteiger partial charge in [0, 0.05) is 27.4 Å². The van der Waals surface area contributed by atoms with Crippen LogP contribution < -0.4 is 5.32 Å². The fourth-order valence-corrected chi connectivity index (χ4v) is 3.75. The molecule has 0 radical (unpaired) electrons. The maximum atomic E-state index is 12.7. The summed E-state index contributed by atoms with van der Waals surface area (Å²) in [5.41, 5.74) is 0.619. The number of carbonyl (C=O) groups is 1. The minimum absolute atomic E-state index is 0.134. The zero-order valence-corrected chi connectivity index (χ0v) is 22.1. The van der Waals surface area contributed by atoms with E-state index < -0.39 is 17.7 Å². The van der Waals surface area contributed by atoms with E-state index in [9.17, 15) is 18.0 Å². The number of nitrogens with one attached hydrogen (secondary N) is 1.